The monoisotopic (exact) mass is 302 g/mol. The zero-order chi connectivity index (χ0) is 13.7. The molecule has 0 aromatic heterocycles. The molecular weight excluding hydrogens is 291 g/mol. The molecule has 0 atom stereocenters. The van der Waals surface area contributed by atoms with E-state index in [0.29, 0.717) is 15.1 Å². The van der Waals surface area contributed by atoms with Crippen LogP contribution in [0.15, 0.2) is 36.4 Å². The maximum Gasteiger partial charge on any atom is 0.117 e. The van der Waals surface area contributed by atoms with Crippen LogP contribution in [0.4, 0.5) is 0 Å². The second-order valence-electron chi connectivity index (χ2n) is 3.29. The number of hydrogen-bond donors (Lipinski definition) is 1. The Morgan fingerprint density at radius 1 is 0.778 bits per heavy atom. The highest BCUT2D eigenvalue weighted by atomic mass is 35.5. The SMILES string of the molecule is CC.Oc1ccc(-c2ccc(Cl)cc2Cl)c(Cl)c1. The third kappa shape index (κ3) is 3.55. The van der Waals surface area contributed by atoms with Gasteiger partial charge in [-0.05, 0) is 30.3 Å². The van der Waals surface area contributed by atoms with Crippen molar-refractivity contribution in [2.75, 3.05) is 0 Å². The minimum atomic E-state index is 0.124. The highest BCUT2D eigenvalue weighted by Gasteiger charge is 2.08. The Labute approximate surface area is 122 Å². The number of hydrogen-bond acceptors (Lipinski definition) is 1. The Morgan fingerprint density at radius 2 is 1.28 bits per heavy atom. The van der Waals surface area contributed by atoms with Gasteiger partial charge >= 0.3 is 0 Å². The molecule has 0 aliphatic carbocycles. The van der Waals surface area contributed by atoms with Crippen LogP contribution in [0.3, 0.4) is 0 Å². The van der Waals surface area contributed by atoms with Gasteiger partial charge in [-0.2, -0.15) is 0 Å². The van der Waals surface area contributed by atoms with Crippen LogP contribution in [0.1, 0.15) is 13.8 Å². The molecule has 2 rings (SSSR count). The molecule has 1 N–H and O–H groups in total. The molecule has 96 valence electrons. The van der Waals surface area contributed by atoms with Crippen LogP contribution in [0, 0.1) is 0 Å². The number of halogens is 3. The predicted molar refractivity (Wildman–Crippen MR) is 79.9 cm³/mol. The first-order valence-corrected chi connectivity index (χ1v) is 6.65. The summed E-state index contributed by atoms with van der Waals surface area (Å²) in [4.78, 5) is 0. The fraction of sp³-hybridized carbons (Fsp3) is 0.143. The standard InChI is InChI=1S/C12H7Cl3O.C2H6/c13-7-1-3-9(11(14)5-7)10-4-2-8(16)6-12(10)15;1-2/h1-6,16H;1-2H3. The molecule has 4 heteroatoms. The van der Waals surface area contributed by atoms with E-state index < -0.39 is 0 Å². The summed E-state index contributed by atoms with van der Waals surface area (Å²) in [6.45, 7) is 4.00. The summed E-state index contributed by atoms with van der Waals surface area (Å²) in [5, 5.41) is 10.8. The summed E-state index contributed by atoms with van der Waals surface area (Å²) in [6, 6.07) is 9.94. The summed E-state index contributed by atoms with van der Waals surface area (Å²) in [5.74, 6) is 0.124. The van der Waals surface area contributed by atoms with Gasteiger partial charge in [0.25, 0.3) is 0 Å². The maximum atomic E-state index is 9.26. The van der Waals surface area contributed by atoms with Crippen molar-refractivity contribution in [3.8, 4) is 16.9 Å². The average Bonchev–Trinajstić information content (AvgIpc) is 2.33. The lowest BCUT2D eigenvalue weighted by Crippen LogP contribution is -1.81. The van der Waals surface area contributed by atoms with Gasteiger partial charge in [-0.1, -0.05) is 54.7 Å². The summed E-state index contributed by atoms with van der Waals surface area (Å²) < 4.78 is 0. The molecule has 0 aliphatic heterocycles. The van der Waals surface area contributed by atoms with Gasteiger partial charge in [0, 0.05) is 21.2 Å². The van der Waals surface area contributed by atoms with Crippen molar-refractivity contribution in [3.05, 3.63) is 51.5 Å². The van der Waals surface area contributed by atoms with Crippen LogP contribution in [0.5, 0.6) is 5.75 Å². The van der Waals surface area contributed by atoms with E-state index in [0.717, 1.165) is 11.1 Å². The van der Waals surface area contributed by atoms with E-state index >= 15 is 0 Å². The van der Waals surface area contributed by atoms with Crippen LogP contribution < -0.4 is 0 Å². The first-order chi connectivity index (χ1) is 8.58. The van der Waals surface area contributed by atoms with Crippen LogP contribution in [0.25, 0.3) is 11.1 Å². The number of phenols is 1. The highest BCUT2D eigenvalue weighted by Crippen LogP contribution is 2.36. The van der Waals surface area contributed by atoms with E-state index in [1.54, 1.807) is 30.3 Å². The molecule has 0 saturated carbocycles. The van der Waals surface area contributed by atoms with Crippen LogP contribution >= 0.6 is 34.8 Å². The minimum Gasteiger partial charge on any atom is -0.508 e. The first-order valence-electron chi connectivity index (χ1n) is 5.52. The van der Waals surface area contributed by atoms with Crippen molar-refractivity contribution in [1.82, 2.24) is 0 Å². The summed E-state index contributed by atoms with van der Waals surface area (Å²) in [6.07, 6.45) is 0. The van der Waals surface area contributed by atoms with E-state index in [1.807, 2.05) is 13.8 Å². The van der Waals surface area contributed by atoms with Gasteiger partial charge in [-0.25, -0.2) is 0 Å². The highest BCUT2D eigenvalue weighted by molar-refractivity contribution is 6.38. The molecule has 0 unspecified atom stereocenters. The molecule has 18 heavy (non-hydrogen) atoms. The van der Waals surface area contributed by atoms with Crippen molar-refractivity contribution in [3.63, 3.8) is 0 Å². The lowest BCUT2D eigenvalue weighted by molar-refractivity contribution is 0.475. The fourth-order valence-corrected chi connectivity index (χ4v) is 2.22. The number of benzene rings is 2. The van der Waals surface area contributed by atoms with Gasteiger partial charge in [0.15, 0.2) is 0 Å². The minimum absolute atomic E-state index is 0.124. The molecular formula is C14H13Cl3O. The zero-order valence-corrected chi connectivity index (χ0v) is 12.3. The molecule has 0 radical (unpaired) electrons. The van der Waals surface area contributed by atoms with Crippen molar-refractivity contribution in [2.24, 2.45) is 0 Å². The topological polar surface area (TPSA) is 20.2 Å². The fourth-order valence-electron chi connectivity index (χ4n) is 1.43. The number of aromatic hydroxyl groups is 1. The molecule has 0 amide bonds. The van der Waals surface area contributed by atoms with E-state index in [-0.39, 0.29) is 5.75 Å². The Kier molecular flexibility index (Phi) is 5.80. The van der Waals surface area contributed by atoms with E-state index in [2.05, 4.69) is 0 Å². The molecule has 0 saturated heterocycles. The summed E-state index contributed by atoms with van der Waals surface area (Å²) in [7, 11) is 0. The van der Waals surface area contributed by atoms with Crippen molar-refractivity contribution in [1.29, 1.82) is 0 Å². The van der Waals surface area contributed by atoms with Gasteiger partial charge in [0.05, 0.1) is 5.02 Å². The molecule has 2 aromatic rings. The molecule has 0 heterocycles. The largest absolute Gasteiger partial charge is 0.508 e. The van der Waals surface area contributed by atoms with Crippen molar-refractivity contribution in [2.45, 2.75) is 13.8 Å². The molecule has 0 spiro atoms. The second-order valence-corrected chi connectivity index (χ2v) is 4.54. The zero-order valence-electron chi connectivity index (χ0n) is 10.0. The lowest BCUT2D eigenvalue weighted by atomic mass is 10.1. The smallest absolute Gasteiger partial charge is 0.117 e. The lowest BCUT2D eigenvalue weighted by Gasteiger charge is -2.07. The molecule has 1 nitrogen and oxygen atoms in total. The third-order valence-electron chi connectivity index (χ3n) is 2.17. The van der Waals surface area contributed by atoms with Gasteiger partial charge in [-0.3, -0.25) is 0 Å². The van der Waals surface area contributed by atoms with Crippen molar-refractivity contribution < 1.29 is 5.11 Å². The normalized spacial score (nSPS) is 9.61. The first kappa shape index (κ1) is 15.2. The van der Waals surface area contributed by atoms with Gasteiger partial charge in [0.1, 0.15) is 5.75 Å². The van der Waals surface area contributed by atoms with E-state index in [1.165, 1.54) is 6.07 Å². The van der Waals surface area contributed by atoms with Gasteiger partial charge in [0.2, 0.25) is 0 Å². The Bertz CT molecular complexity index is 489. The molecule has 0 aliphatic rings. The molecule has 0 bridgehead atoms. The van der Waals surface area contributed by atoms with Crippen LogP contribution in [0.2, 0.25) is 15.1 Å². The van der Waals surface area contributed by atoms with Crippen LogP contribution in [-0.4, -0.2) is 5.11 Å². The van der Waals surface area contributed by atoms with Gasteiger partial charge < -0.3 is 5.11 Å². The predicted octanol–water partition coefficient (Wildman–Crippen LogP) is 6.05. The van der Waals surface area contributed by atoms with Crippen molar-refractivity contribution >= 4 is 34.8 Å². The van der Waals surface area contributed by atoms with E-state index in [4.69, 9.17) is 34.8 Å². The summed E-state index contributed by atoms with van der Waals surface area (Å²) >= 11 is 17.9. The third-order valence-corrected chi connectivity index (χ3v) is 3.03. The quantitative estimate of drug-likeness (QED) is 0.680. The second kappa shape index (κ2) is 6.89. The number of rotatable bonds is 1. The number of phenolic OH excluding ortho intramolecular Hbond substituents is 1. The average molecular weight is 304 g/mol. The molecule has 2 aromatic carbocycles. The summed E-state index contributed by atoms with van der Waals surface area (Å²) in [5.41, 5.74) is 1.55. The Balaban J connectivity index is 0.000000771. The van der Waals surface area contributed by atoms with Gasteiger partial charge in [-0.15, -0.1) is 0 Å². The Morgan fingerprint density at radius 3 is 1.78 bits per heavy atom. The Hall–Kier alpha value is -0.890. The van der Waals surface area contributed by atoms with E-state index in [9.17, 15) is 5.11 Å². The van der Waals surface area contributed by atoms with Crippen LogP contribution in [-0.2, 0) is 0 Å². The maximum absolute atomic E-state index is 9.26. The molecule has 0 fully saturated rings.